The van der Waals surface area contributed by atoms with Crippen molar-refractivity contribution in [2.45, 2.75) is 32.7 Å². The molecule has 3 N–H and O–H groups in total. The van der Waals surface area contributed by atoms with Gasteiger partial charge in [-0.2, -0.15) is 4.98 Å². The van der Waals surface area contributed by atoms with Gasteiger partial charge in [-0.15, -0.1) is 0 Å². The monoisotopic (exact) mass is 308 g/mol. The molecule has 1 aliphatic carbocycles. The standard InChI is InChI=1S/C13H20N6O3/c1-8(2)12(20)14-5-6-15-13-16-7-10(19(21)22)11(18-13)17-9-3-4-9/h7-9H,3-6H2,1-2H3,(H,14,20)(H2,15,16,17,18). The Morgan fingerprint density at radius 2 is 2.18 bits per heavy atom. The highest BCUT2D eigenvalue weighted by Gasteiger charge is 2.26. The molecule has 1 aromatic heterocycles. The minimum atomic E-state index is -0.503. The van der Waals surface area contributed by atoms with E-state index in [2.05, 4.69) is 25.9 Å². The Kier molecular flexibility index (Phi) is 5.08. The SMILES string of the molecule is CC(C)C(=O)NCCNc1ncc([N+](=O)[O-])c(NC2CC2)n1. The van der Waals surface area contributed by atoms with Crippen LogP contribution in [0, 0.1) is 16.0 Å². The summed E-state index contributed by atoms with van der Waals surface area (Å²) < 4.78 is 0. The second-order valence-corrected chi connectivity index (χ2v) is 5.48. The van der Waals surface area contributed by atoms with Crippen molar-refractivity contribution in [3.8, 4) is 0 Å². The number of nitrogens with one attached hydrogen (secondary N) is 3. The average molecular weight is 308 g/mol. The summed E-state index contributed by atoms with van der Waals surface area (Å²) in [4.78, 5) is 29.9. The minimum absolute atomic E-state index is 0.0255. The van der Waals surface area contributed by atoms with Gasteiger partial charge in [0.1, 0.15) is 6.20 Å². The van der Waals surface area contributed by atoms with Gasteiger partial charge < -0.3 is 16.0 Å². The molecule has 0 saturated heterocycles. The summed E-state index contributed by atoms with van der Waals surface area (Å²) in [7, 11) is 0. The first-order valence-electron chi connectivity index (χ1n) is 7.27. The molecule has 120 valence electrons. The molecule has 0 bridgehead atoms. The highest BCUT2D eigenvalue weighted by atomic mass is 16.6. The Labute approximate surface area is 128 Å². The molecule has 0 atom stereocenters. The van der Waals surface area contributed by atoms with Crippen molar-refractivity contribution in [3.63, 3.8) is 0 Å². The lowest BCUT2D eigenvalue weighted by Gasteiger charge is -2.10. The molecule has 9 nitrogen and oxygen atoms in total. The quantitative estimate of drug-likeness (QED) is 0.374. The molecular formula is C13H20N6O3. The molecule has 1 aliphatic rings. The Morgan fingerprint density at radius 1 is 1.45 bits per heavy atom. The van der Waals surface area contributed by atoms with Gasteiger partial charge in [-0.25, -0.2) is 4.98 Å². The molecular weight excluding hydrogens is 288 g/mol. The predicted octanol–water partition coefficient (Wildman–Crippen LogP) is 1.14. The highest BCUT2D eigenvalue weighted by Crippen LogP contribution is 2.29. The topological polar surface area (TPSA) is 122 Å². The maximum atomic E-state index is 11.4. The molecule has 0 unspecified atom stereocenters. The van der Waals surface area contributed by atoms with Gasteiger partial charge in [0.15, 0.2) is 0 Å². The molecule has 0 aliphatic heterocycles. The van der Waals surface area contributed by atoms with E-state index in [0.717, 1.165) is 12.8 Å². The normalized spacial score (nSPS) is 13.8. The van der Waals surface area contributed by atoms with Crippen LogP contribution in [0.1, 0.15) is 26.7 Å². The summed E-state index contributed by atoms with van der Waals surface area (Å²) in [6.45, 7) is 4.51. The molecule has 0 radical (unpaired) electrons. The molecule has 0 aromatic carbocycles. The van der Waals surface area contributed by atoms with Gasteiger partial charge in [0.25, 0.3) is 0 Å². The van der Waals surface area contributed by atoms with Crippen LogP contribution in [0.3, 0.4) is 0 Å². The zero-order valence-corrected chi connectivity index (χ0v) is 12.6. The fourth-order valence-electron chi connectivity index (χ4n) is 1.69. The van der Waals surface area contributed by atoms with Crippen molar-refractivity contribution in [2.75, 3.05) is 23.7 Å². The minimum Gasteiger partial charge on any atom is -0.361 e. The van der Waals surface area contributed by atoms with E-state index in [1.165, 1.54) is 6.20 Å². The number of carbonyl (C=O) groups is 1. The molecule has 1 heterocycles. The number of hydrogen-bond acceptors (Lipinski definition) is 7. The second-order valence-electron chi connectivity index (χ2n) is 5.48. The maximum absolute atomic E-state index is 11.4. The zero-order chi connectivity index (χ0) is 16.1. The van der Waals surface area contributed by atoms with Gasteiger partial charge in [-0.1, -0.05) is 13.8 Å². The van der Waals surface area contributed by atoms with Gasteiger partial charge in [-0.3, -0.25) is 14.9 Å². The van der Waals surface area contributed by atoms with E-state index in [0.29, 0.717) is 19.0 Å². The third kappa shape index (κ3) is 4.54. The summed E-state index contributed by atoms with van der Waals surface area (Å²) in [5.74, 6) is 0.441. The third-order valence-electron chi connectivity index (χ3n) is 3.12. The first kappa shape index (κ1) is 15.9. The van der Waals surface area contributed by atoms with Gasteiger partial charge >= 0.3 is 5.69 Å². The van der Waals surface area contributed by atoms with E-state index < -0.39 is 4.92 Å². The first-order valence-corrected chi connectivity index (χ1v) is 7.27. The molecule has 22 heavy (non-hydrogen) atoms. The Morgan fingerprint density at radius 3 is 2.77 bits per heavy atom. The Hall–Kier alpha value is -2.45. The summed E-state index contributed by atoms with van der Waals surface area (Å²) >= 11 is 0. The van der Waals surface area contributed by atoms with E-state index in [1.807, 2.05) is 13.8 Å². The average Bonchev–Trinajstić information content (AvgIpc) is 3.27. The summed E-state index contributed by atoms with van der Waals surface area (Å²) in [6.07, 6.45) is 3.17. The smallest absolute Gasteiger partial charge is 0.329 e. The van der Waals surface area contributed by atoms with Crippen molar-refractivity contribution in [2.24, 2.45) is 5.92 Å². The molecule has 1 aromatic rings. The summed E-state index contributed by atoms with van der Waals surface area (Å²) in [6, 6.07) is 0.256. The molecule has 9 heteroatoms. The maximum Gasteiger partial charge on any atom is 0.329 e. The number of carbonyl (C=O) groups excluding carboxylic acids is 1. The van der Waals surface area contributed by atoms with Crippen LogP contribution >= 0.6 is 0 Å². The number of hydrogen-bond donors (Lipinski definition) is 3. The number of aromatic nitrogens is 2. The van der Waals surface area contributed by atoms with Crippen molar-refractivity contribution in [1.29, 1.82) is 0 Å². The summed E-state index contributed by atoms with van der Waals surface area (Å²) in [5.41, 5.74) is -0.134. The molecule has 1 fully saturated rings. The third-order valence-corrected chi connectivity index (χ3v) is 3.12. The Bertz CT molecular complexity index is 559. The van der Waals surface area contributed by atoms with E-state index in [1.54, 1.807) is 0 Å². The lowest BCUT2D eigenvalue weighted by Crippen LogP contribution is -2.32. The van der Waals surface area contributed by atoms with Crippen LogP contribution in [0.15, 0.2) is 6.20 Å². The number of amides is 1. The number of rotatable bonds is 8. The van der Waals surface area contributed by atoms with Crippen LogP contribution < -0.4 is 16.0 Å². The fourth-order valence-corrected chi connectivity index (χ4v) is 1.69. The lowest BCUT2D eigenvalue weighted by atomic mass is 10.2. The van der Waals surface area contributed by atoms with E-state index >= 15 is 0 Å². The van der Waals surface area contributed by atoms with Crippen LogP contribution in [-0.4, -0.2) is 39.9 Å². The fraction of sp³-hybridized carbons (Fsp3) is 0.615. The van der Waals surface area contributed by atoms with Gasteiger partial charge in [0.05, 0.1) is 4.92 Å². The Balaban J connectivity index is 1.90. The number of nitro groups is 1. The van der Waals surface area contributed by atoms with Gasteiger partial charge in [-0.05, 0) is 12.8 Å². The highest BCUT2D eigenvalue weighted by molar-refractivity contribution is 5.77. The number of anilines is 2. The van der Waals surface area contributed by atoms with E-state index in [4.69, 9.17) is 0 Å². The van der Waals surface area contributed by atoms with E-state index in [9.17, 15) is 14.9 Å². The van der Waals surface area contributed by atoms with Crippen molar-refractivity contribution in [3.05, 3.63) is 16.3 Å². The van der Waals surface area contributed by atoms with E-state index in [-0.39, 0.29) is 29.4 Å². The second kappa shape index (κ2) is 7.01. The van der Waals surface area contributed by atoms with Crippen molar-refractivity contribution < 1.29 is 9.72 Å². The predicted molar refractivity (Wildman–Crippen MR) is 81.7 cm³/mol. The lowest BCUT2D eigenvalue weighted by molar-refractivity contribution is -0.384. The molecule has 1 amide bonds. The zero-order valence-electron chi connectivity index (χ0n) is 12.6. The van der Waals surface area contributed by atoms with Gasteiger partial charge in [0, 0.05) is 25.0 Å². The van der Waals surface area contributed by atoms with Crippen molar-refractivity contribution in [1.82, 2.24) is 15.3 Å². The number of nitrogens with zero attached hydrogens (tertiary/aromatic N) is 3. The summed E-state index contributed by atoms with van der Waals surface area (Å²) in [5, 5.41) is 19.7. The van der Waals surface area contributed by atoms with Crippen molar-refractivity contribution >= 4 is 23.4 Å². The van der Waals surface area contributed by atoms with Crippen LogP contribution in [0.4, 0.5) is 17.5 Å². The first-order chi connectivity index (χ1) is 10.5. The van der Waals surface area contributed by atoms with Crippen LogP contribution in [0.25, 0.3) is 0 Å². The molecule has 2 rings (SSSR count). The van der Waals surface area contributed by atoms with Gasteiger partial charge in [0.2, 0.25) is 17.7 Å². The largest absolute Gasteiger partial charge is 0.361 e. The van der Waals surface area contributed by atoms with Crippen LogP contribution in [0.5, 0.6) is 0 Å². The van der Waals surface area contributed by atoms with Crippen LogP contribution in [0.2, 0.25) is 0 Å². The molecule has 0 spiro atoms. The molecule has 1 saturated carbocycles. The van der Waals surface area contributed by atoms with Crippen LogP contribution in [-0.2, 0) is 4.79 Å².